The lowest BCUT2D eigenvalue weighted by Crippen LogP contribution is -2.39. The lowest BCUT2D eigenvalue weighted by atomic mass is 10.1. The third-order valence-corrected chi connectivity index (χ3v) is 2.93. The van der Waals surface area contributed by atoms with E-state index in [-0.39, 0.29) is 12.0 Å². The summed E-state index contributed by atoms with van der Waals surface area (Å²) in [4.78, 5) is 11.6. The number of amides is 1. The van der Waals surface area contributed by atoms with E-state index in [4.69, 9.17) is 9.47 Å². The second-order valence-electron chi connectivity index (χ2n) is 4.30. The molecule has 4 nitrogen and oxygen atoms in total. The lowest BCUT2D eigenvalue weighted by molar-refractivity contribution is -0.123. The molecule has 0 spiro atoms. The van der Waals surface area contributed by atoms with Crippen LogP contribution in [0, 0.1) is 0 Å². The van der Waals surface area contributed by atoms with Crippen LogP contribution in [0.2, 0.25) is 0 Å². The van der Waals surface area contributed by atoms with Crippen LogP contribution in [0.1, 0.15) is 25.7 Å². The second-order valence-corrected chi connectivity index (χ2v) is 4.30. The van der Waals surface area contributed by atoms with Gasteiger partial charge < -0.3 is 14.8 Å². The van der Waals surface area contributed by atoms with Gasteiger partial charge in [0.2, 0.25) is 5.91 Å². The van der Waals surface area contributed by atoms with Crippen LogP contribution < -0.4 is 5.32 Å². The van der Waals surface area contributed by atoms with E-state index < -0.39 is 0 Å². The Morgan fingerprint density at radius 2 is 2.44 bits per heavy atom. The Hall–Kier alpha value is -0.870. The SMILES string of the molecule is O=C(CC1=CCCC1)NCC1COCCO1. The van der Waals surface area contributed by atoms with Crippen LogP contribution in [0.3, 0.4) is 0 Å². The molecular formula is C12H19NO3. The van der Waals surface area contributed by atoms with Gasteiger partial charge in [0.15, 0.2) is 0 Å². The molecule has 0 radical (unpaired) electrons. The molecule has 1 unspecified atom stereocenters. The Kier molecular flexibility index (Phi) is 4.36. The summed E-state index contributed by atoms with van der Waals surface area (Å²) < 4.78 is 10.7. The molecule has 0 aromatic carbocycles. The summed E-state index contributed by atoms with van der Waals surface area (Å²) in [6.07, 6.45) is 6.16. The summed E-state index contributed by atoms with van der Waals surface area (Å²) in [6.45, 7) is 2.44. The van der Waals surface area contributed by atoms with E-state index in [2.05, 4.69) is 11.4 Å². The van der Waals surface area contributed by atoms with Gasteiger partial charge in [-0.15, -0.1) is 0 Å². The number of nitrogens with one attached hydrogen (secondary N) is 1. The van der Waals surface area contributed by atoms with Gasteiger partial charge in [-0.05, 0) is 19.3 Å². The first kappa shape index (κ1) is 11.6. The van der Waals surface area contributed by atoms with Gasteiger partial charge in [-0.2, -0.15) is 0 Å². The molecule has 1 aliphatic heterocycles. The van der Waals surface area contributed by atoms with Crippen molar-refractivity contribution in [2.24, 2.45) is 0 Å². The fourth-order valence-corrected chi connectivity index (χ4v) is 2.05. The molecule has 1 fully saturated rings. The van der Waals surface area contributed by atoms with Crippen LogP contribution in [0.5, 0.6) is 0 Å². The molecule has 0 aromatic rings. The van der Waals surface area contributed by atoms with Crippen molar-refractivity contribution in [1.82, 2.24) is 5.32 Å². The van der Waals surface area contributed by atoms with Gasteiger partial charge in [-0.1, -0.05) is 11.6 Å². The van der Waals surface area contributed by atoms with E-state index in [0.717, 1.165) is 12.8 Å². The zero-order chi connectivity index (χ0) is 11.2. The molecule has 1 aliphatic carbocycles. The number of carbonyl (C=O) groups is 1. The van der Waals surface area contributed by atoms with Crippen molar-refractivity contribution in [2.45, 2.75) is 31.8 Å². The molecule has 1 N–H and O–H groups in total. The molecule has 2 aliphatic rings. The van der Waals surface area contributed by atoms with Crippen LogP contribution in [0.15, 0.2) is 11.6 Å². The average Bonchev–Trinajstić information content (AvgIpc) is 2.81. The van der Waals surface area contributed by atoms with Crippen molar-refractivity contribution < 1.29 is 14.3 Å². The normalized spacial score (nSPS) is 25.2. The van der Waals surface area contributed by atoms with Gasteiger partial charge in [0.25, 0.3) is 0 Å². The fourth-order valence-electron chi connectivity index (χ4n) is 2.05. The van der Waals surface area contributed by atoms with E-state index in [9.17, 15) is 4.79 Å². The Bertz CT molecular complexity index is 269. The zero-order valence-corrected chi connectivity index (χ0v) is 9.54. The first-order valence-electron chi connectivity index (χ1n) is 5.98. The topological polar surface area (TPSA) is 47.6 Å². The molecule has 0 bridgehead atoms. The summed E-state index contributed by atoms with van der Waals surface area (Å²) in [7, 11) is 0. The van der Waals surface area contributed by atoms with Crippen LogP contribution >= 0.6 is 0 Å². The molecular weight excluding hydrogens is 206 g/mol. The van der Waals surface area contributed by atoms with Gasteiger partial charge in [-0.25, -0.2) is 0 Å². The number of hydrogen-bond donors (Lipinski definition) is 1. The van der Waals surface area contributed by atoms with Crippen LogP contribution in [0.25, 0.3) is 0 Å². The van der Waals surface area contributed by atoms with Crippen molar-refractivity contribution in [3.8, 4) is 0 Å². The van der Waals surface area contributed by atoms with E-state index in [0.29, 0.717) is 32.8 Å². The zero-order valence-electron chi connectivity index (χ0n) is 9.54. The summed E-state index contributed by atoms with van der Waals surface area (Å²) in [5.74, 6) is 0.0994. The number of hydrogen-bond acceptors (Lipinski definition) is 3. The highest BCUT2D eigenvalue weighted by molar-refractivity contribution is 5.78. The van der Waals surface area contributed by atoms with Crippen LogP contribution in [0.4, 0.5) is 0 Å². The molecule has 1 heterocycles. The van der Waals surface area contributed by atoms with Gasteiger partial charge in [-0.3, -0.25) is 4.79 Å². The predicted molar refractivity (Wildman–Crippen MR) is 60.1 cm³/mol. The average molecular weight is 225 g/mol. The molecule has 1 saturated heterocycles. The number of allylic oxidation sites excluding steroid dienone is 1. The molecule has 4 heteroatoms. The Labute approximate surface area is 96.0 Å². The minimum atomic E-state index is 0.0234. The second kappa shape index (κ2) is 6.01. The first-order valence-corrected chi connectivity index (χ1v) is 5.98. The van der Waals surface area contributed by atoms with Crippen molar-refractivity contribution in [2.75, 3.05) is 26.4 Å². The van der Waals surface area contributed by atoms with Crippen molar-refractivity contribution >= 4 is 5.91 Å². The lowest BCUT2D eigenvalue weighted by Gasteiger charge is -2.23. The molecule has 16 heavy (non-hydrogen) atoms. The maximum absolute atomic E-state index is 11.6. The predicted octanol–water partition coefficient (Wildman–Crippen LogP) is 1.02. The number of ether oxygens (including phenoxy) is 2. The number of carbonyl (C=O) groups excluding carboxylic acids is 1. The van der Waals surface area contributed by atoms with Crippen molar-refractivity contribution in [1.29, 1.82) is 0 Å². The summed E-state index contributed by atoms with van der Waals surface area (Å²) in [5.41, 5.74) is 1.28. The van der Waals surface area contributed by atoms with Gasteiger partial charge >= 0.3 is 0 Å². The third kappa shape index (κ3) is 3.61. The minimum Gasteiger partial charge on any atom is -0.376 e. The van der Waals surface area contributed by atoms with E-state index in [1.807, 2.05) is 0 Å². The fraction of sp³-hybridized carbons (Fsp3) is 0.750. The van der Waals surface area contributed by atoms with Crippen LogP contribution in [-0.2, 0) is 14.3 Å². The Morgan fingerprint density at radius 3 is 3.12 bits per heavy atom. The Morgan fingerprint density at radius 1 is 1.50 bits per heavy atom. The third-order valence-electron chi connectivity index (χ3n) is 2.93. The largest absolute Gasteiger partial charge is 0.376 e. The molecule has 90 valence electrons. The van der Waals surface area contributed by atoms with Crippen molar-refractivity contribution in [3.63, 3.8) is 0 Å². The maximum Gasteiger partial charge on any atom is 0.224 e. The standard InChI is InChI=1S/C12H19NO3/c14-12(7-10-3-1-2-4-10)13-8-11-9-15-5-6-16-11/h3,11H,1-2,4-9H2,(H,13,14). The maximum atomic E-state index is 11.6. The number of rotatable bonds is 4. The van der Waals surface area contributed by atoms with Gasteiger partial charge in [0.1, 0.15) is 0 Å². The van der Waals surface area contributed by atoms with Crippen LogP contribution in [-0.4, -0.2) is 38.4 Å². The highest BCUT2D eigenvalue weighted by Gasteiger charge is 2.16. The summed E-state index contributed by atoms with van der Waals surface area (Å²) >= 11 is 0. The molecule has 1 amide bonds. The smallest absolute Gasteiger partial charge is 0.224 e. The highest BCUT2D eigenvalue weighted by Crippen LogP contribution is 2.20. The molecule has 1 atom stereocenters. The monoisotopic (exact) mass is 225 g/mol. The van der Waals surface area contributed by atoms with Gasteiger partial charge in [0.05, 0.1) is 25.9 Å². The van der Waals surface area contributed by atoms with E-state index in [1.54, 1.807) is 0 Å². The molecule has 0 saturated carbocycles. The quantitative estimate of drug-likeness (QED) is 0.727. The van der Waals surface area contributed by atoms with Gasteiger partial charge in [0, 0.05) is 13.0 Å². The first-order chi connectivity index (χ1) is 7.84. The Balaban J connectivity index is 1.63. The van der Waals surface area contributed by atoms with E-state index in [1.165, 1.54) is 12.0 Å². The molecule has 0 aromatic heterocycles. The minimum absolute atomic E-state index is 0.0234. The van der Waals surface area contributed by atoms with Crippen molar-refractivity contribution in [3.05, 3.63) is 11.6 Å². The van der Waals surface area contributed by atoms with E-state index >= 15 is 0 Å². The summed E-state index contributed by atoms with van der Waals surface area (Å²) in [6, 6.07) is 0. The highest BCUT2D eigenvalue weighted by atomic mass is 16.6. The molecule has 2 rings (SSSR count). The summed E-state index contributed by atoms with van der Waals surface area (Å²) in [5, 5.41) is 2.89.